The van der Waals surface area contributed by atoms with Crippen molar-refractivity contribution in [3.05, 3.63) is 64.0 Å². The van der Waals surface area contributed by atoms with Gasteiger partial charge in [-0.25, -0.2) is 0 Å². The zero-order valence-electron chi connectivity index (χ0n) is 14.0. The first kappa shape index (κ1) is 17.5. The molecule has 26 heavy (non-hydrogen) atoms. The van der Waals surface area contributed by atoms with Gasteiger partial charge in [-0.05, 0) is 64.7 Å². The predicted octanol–water partition coefficient (Wildman–Crippen LogP) is 5.22. The molecule has 136 valence electrons. The Labute approximate surface area is 157 Å². The first-order valence-electron chi connectivity index (χ1n) is 8.36. The second-order valence-corrected chi connectivity index (χ2v) is 7.63. The highest BCUT2D eigenvalue weighted by Crippen LogP contribution is 2.41. The largest absolute Gasteiger partial charge is 0.401 e. The van der Waals surface area contributed by atoms with Crippen LogP contribution in [-0.4, -0.2) is 33.6 Å². The van der Waals surface area contributed by atoms with E-state index < -0.39 is 18.8 Å². The fourth-order valence-corrected chi connectivity index (χ4v) is 4.11. The number of hydrogen-bond acceptors (Lipinski definition) is 2. The molecule has 7 heteroatoms. The molecule has 1 aliphatic rings. The minimum Gasteiger partial charge on any atom is -0.361 e. The number of hydrogen-bond donors (Lipinski definition) is 1. The first-order valence-corrected chi connectivity index (χ1v) is 9.15. The maximum atomic E-state index is 13.3. The van der Waals surface area contributed by atoms with Gasteiger partial charge in [-0.2, -0.15) is 13.2 Å². The number of nitrogens with zero attached hydrogens (tertiary/aromatic N) is 2. The van der Waals surface area contributed by atoms with E-state index in [4.69, 9.17) is 0 Å². The minimum atomic E-state index is -4.27. The van der Waals surface area contributed by atoms with Crippen molar-refractivity contribution in [3.63, 3.8) is 0 Å². The zero-order chi connectivity index (χ0) is 18.5. The lowest BCUT2D eigenvalue weighted by Crippen LogP contribution is -2.47. The minimum absolute atomic E-state index is 0.250. The molecule has 0 saturated carbocycles. The quantitative estimate of drug-likeness (QED) is 0.612. The Morgan fingerprint density at radius 3 is 2.73 bits per heavy atom. The van der Waals surface area contributed by atoms with Gasteiger partial charge in [0.1, 0.15) is 0 Å². The maximum Gasteiger partial charge on any atom is 0.401 e. The Balaban J connectivity index is 1.89. The Kier molecular flexibility index (Phi) is 4.31. The van der Waals surface area contributed by atoms with Gasteiger partial charge in [-0.3, -0.25) is 9.88 Å². The van der Waals surface area contributed by atoms with E-state index in [0.29, 0.717) is 12.1 Å². The van der Waals surface area contributed by atoms with Gasteiger partial charge in [0.2, 0.25) is 0 Å². The summed E-state index contributed by atoms with van der Waals surface area (Å²) < 4.78 is 40.6. The number of aromatic nitrogens is 2. The summed E-state index contributed by atoms with van der Waals surface area (Å²) in [5, 5.41) is 1.07. The topological polar surface area (TPSA) is 31.9 Å². The van der Waals surface area contributed by atoms with E-state index in [1.165, 1.54) is 4.90 Å². The summed E-state index contributed by atoms with van der Waals surface area (Å²) >= 11 is 3.34. The molecule has 0 fully saturated rings. The lowest BCUT2D eigenvalue weighted by Gasteiger charge is -2.42. The SMILES string of the molecule is C[C@@H]1Cc2c(ccc3[nH]ccc23)C(c2ccc(Br)cn2)N1CC(F)(F)F. The van der Waals surface area contributed by atoms with Gasteiger partial charge in [0.15, 0.2) is 0 Å². The molecule has 0 radical (unpaired) electrons. The molecule has 1 N–H and O–H groups in total. The van der Waals surface area contributed by atoms with Crippen LogP contribution in [-0.2, 0) is 6.42 Å². The Morgan fingerprint density at radius 2 is 2.04 bits per heavy atom. The highest BCUT2D eigenvalue weighted by molar-refractivity contribution is 9.10. The number of nitrogens with one attached hydrogen (secondary N) is 1. The lowest BCUT2D eigenvalue weighted by atomic mass is 9.85. The summed E-state index contributed by atoms with van der Waals surface area (Å²) in [4.78, 5) is 9.11. The number of aromatic amines is 1. The number of alkyl halides is 3. The molecule has 1 unspecified atom stereocenters. The van der Waals surface area contributed by atoms with Crippen molar-refractivity contribution in [2.24, 2.45) is 0 Å². The summed E-state index contributed by atoms with van der Waals surface area (Å²) in [5.74, 6) is 0. The van der Waals surface area contributed by atoms with E-state index in [1.54, 1.807) is 12.3 Å². The van der Waals surface area contributed by atoms with Crippen LogP contribution < -0.4 is 0 Å². The molecule has 2 atom stereocenters. The van der Waals surface area contributed by atoms with Crippen molar-refractivity contribution < 1.29 is 13.2 Å². The number of pyridine rings is 1. The van der Waals surface area contributed by atoms with Crippen LogP contribution in [0.15, 0.2) is 47.2 Å². The number of fused-ring (bicyclic) bond motifs is 3. The van der Waals surface area contributed by atoms with Gasteiger partial charge >= 0.3 is 6.18 Å². The van der Waals surface area contributed by atoms with E-state index in [0.717, 1.165) is 26.5 Å². The number of rotatable bonds is 2. The second-order valence-electron chi connectivity index (χ2n) is 6.72. The van der Waals surface area contributed by atoms with Crippen LogP contribution in [0.2, 0.25) is 0 Å². The van der Waals surface area contributed by atoms with Crippen LogP contribution in [0.3, 0.4) is 0 Å². The van der Waals surface area contributed by atoms with Crippen molar-refractivity contribution in [1.29, 1.82) is 0 Å². The molecule has 0 aliphatic carbocycles. The second kappa shape index (κ2) is 6.39. The number of halogens is 4. The van der Waals surface area contributed by atoms with Crippen molar-refractivity contribution in [1.82, 2.24) is 14.9 Å². The van der Waals surface area contributed by atoms with Crippen molar-refractivity contribution >= 4 is 26.8 Å². The third kappa shape index (κ3) is 3.14. The summed E-state index contributed by atoms with van der Waals surface area (Å²) in [7, 11) is 0. The van der Waals surface area contributed by atoms with E-state index in [2.05, 4.69) is 25.9 Å². The molecule has 1 aromatic carbocycles. The lowest BCUT2D eigenvalue weighted by molar-refractivity contribution is -0.155. The Bertz CT molecular complexity index is 933. The van der Waals surface area contributed by atoms with Crippen LogP contribution in [0.25, 0.3) is 10.9 Å². The van der Waals surface area contributed by atoms with Crippen molar-refractivity contribution in [2.45, 2.75) is 31.6 Å². The molecule has 4 rings (SSSR count). The van der Waals surface area contributed by atoms with Crippen LogP contribution in [0.5, 0.6) is 0 Å². The average molecular weight is 424 g/mol. The maximum absolute atomic E-state index is 13.3. The van der Waals surface area contributed by atoms with E-state index in [1.807, 2.05) is 37.4 Å². The average Bonchev–Trinajstić information content (AvgIpc) is 3.05. The molecular weight excluding hydrogens is 407 g/mol. The van der Waals surface area contributed by atoms with E-state index in [9.17, 15) is 13.2 Å². The van der Waals surface area contributed by atoms with Crippen molar-refractivity contribution in [3.8, 4) is 0 Å². The normalized spacial score (nSPS) is 21.1. The summed E-state index contributed by atoms with van der Waals surface area (Å²) in [6, 6.07) is 8.69. The molecule has 3 aromatic rings. The fraction of sp³-hybridized carbons (Fsp3) is 0.316. The number of benzene rings is 1. The molecule has 2 aromatic heterocycles. The van der Waals surface area contributed by atoms with Crippen LogP contribution in [0.1, 0.15) is 29.8 Å². The van der Waals surface area contributed by atoms with E-state index >= 15 is 0 Å². The Hall–Kier alpha value is -1.86. The standard InChI is InChI=1S/C19H17BrF3N3/c1-11-8-15-13-6-7-24-16(13)5-3-14(15)18(26(11)10-19(21,22)23)17-4-2-12(20)9-25-17/h2-7,9,11,18,24H,8,10H2,1H3/t11-,18?/m1/s1. The molecule has 0 saturated heterocycles. The van der Waals surface area contributed by atoms with Gasteiger partial charge in [0.25, 0.3) is 0 Å². The predicted molar refractivity (Wildman–Crippen MR) is 98.0 cm³/mol. The van der Waals surface area contributed by atoms with Crippen LogP contribution in [0, 0.1) is 0 Å². The highest BCUT2D eigenvalue weighted by Gasteiger charge is 2.41. The fourth-order valence-electron chi connectivity index (χ4n) is 3.87. The number of H-pyrrole nitrogens is 1. The van der Waals surface area contributed by atoms with Crippen LogP contribution in [0.4, 0.5) is 13.2 Å². The zero-order valence-corrected chi connectivity index (χ0v) is 15.6. The van der Waals surface area contributed by atoms with Gasteiger partial charge in [-0.1, -0.05) is 6.07 Å². The third-order valence-corrected chi connectivity index (χ3v) is 5.44. The first-order chi connectivity index (χ1) is 12.3. The monoisotopic (exact) mass is 423 g/mol. The molecule has 0 amide bonds. The Morgan fingerprint density at radius 1 is 1.23 bits per heavy atom. The molecular formula is C19H17BrF3N3. The van der Waals surface area contributed by atoms with Gasteiger partial charge in [0.05, 0.1) is 18.3 Å². The molecule has 1 aliphatic heterocycles. The summed E-state index contributed by atoms with van der Waals surface area (Å²) in [5.41, 5.74) is 3.63. The van der Waals surface area contributed by atoms with Crippen molar-refractivity contribution in [2.75, 3.05) is 6.54 Å². The third-order valence-electron chi connectivity index (χ3n) is 4.97. The molecule has 3 heterocycles. The summed E-state index contributed by atoms with van der Waals surface area (Å²) in [6.45, 7) is 0.896. The van der Waals surface area contributed by atoms with Gasteiger partial charge < -0.3 is 4.98 Å². The van der Waals surface area contributed by atoms with Gasteiger partial charge in [-0.15, -0.1) is 0 Å². The van der Waals surface area contributed by atoms with E-state index in [-0.39, 0.29) is 6.04 Å². The van der Waals surface area contributed by atoms with Gasteiger partial charge in [0, 0.05) is 33.8 Å². The molecule has 0 spiro atoms. The van der Waals surface area contributed by atoms with Crippen LogP contribution >= 0.6 is 15.9 Å². The smallest absolute Gasteiger partial charge is 0.361 e. The molecule has 0 bridgehead atoms. The molecule has 3 nitrogen and oxygen atoms in total. The summed E-state index contributed by atoms with van der Waals surface area (Å²) in [6.07, 6.45) is -0.190. The highest BCUT2D eigenvalue weighted by atomic mass is 79.9.